The molecule has 0 aromatic carbocycles. The zero-order valence-electron chi connectivity index (χ0n) is 8.17. The minimum Gasteiger partial charge on any atom is -0.299 e. The molecule has 0 aliphatic heterocycles. The van der Waals surface area contributed by atoms with Crippen LogP contribution in [0.4, 0.5) is 13.2 Å². The van der Waals surface area contributed by atoms with E-state index in [1.807, 2.05) is 0 Å². The maximum atomic E-state index is 12.3. The number of aromatic nitrogens is 2. The van der Waals surface area contributed by atoms with Gasteiger partial charge in [0.2, 0.25) is 0 Å². The quantitative estimate of drug-likeness (QED) is 0.764. The maximum absolute atomic E-state index is 12.3. The molecule has 1 atom stereocenters. The van der Waals surface area contributed by atoms with Crippen molar-refractivity contribution in [1.82, 2.24) is 9.97 Å². The van der Waals surface area contributed by atoms with Gasteiger partial charge in [-0.1, -0.05) is 0 Å². The number of carbonyl (C=O) groups is 1. The molecule has 0 fully saturated rings. The molecular weight excluding hydrogens is 209 g/mol. The number of nitrogens with zero attached hydrogens (tertiary/aromatic N) is 2. The molecule has 1 aromatic rings. The van der Waals surface area contributed by atoms with Crippen LogP contribution in [0.15, 0.2) is 12.3 Å². The molecule has 0 aliphatic carbocycles. The fourth-order valence-electron chi connectivity index (χ4n) is 0.922. The van der Waals surface area contributed by atoms with Gasteiger partial charge in [0.1, 0.15) is 17.3 Å². The van der Waals surface area contributed by atoms with Crippen LogP contribution in [-0.2, 0) is 11.0 Å². The van der Waals surface area contributed by atoms with Crippen molar-refractivity contribution in [3.05, 3.63) is 23.8 Å². The van der Waals surface area contributed by atoms with Gasteiger partial charge in [-0.3, -0.25) is 4.79 Å². The summed E-state index contributed by atoms with van der Waals surface area (Å²) in [6.45, 7) is 2.76. The van der Waals surface area contributed by atoms with Crippen molar-refractivity contribution >= 4 is 5.78 Å². The van der Waals surface area contributed by atoms with Crippen LogP contribution in [0.25, 0.3) is 0 Å². The van der Waals surface area contributed by atoms with Gasteiger partial charge in [-0.05, 0) is 19.9 Å². The average Bonchev–Trinajstić information content (AvgIpc) is 2.15. The Morgan fingerprint density at radius 2 is 2.07 bits per heavy atom. The minimum atomic E-state index is -4.51. The predicted molar refractivity (Wildman–Crippen MR) is 46.1 cm³/mol. The summed E-state index contributed by atoms with van der Waals surface area (Å²) >= 11 is 0. The predicted octanol–water partition coefficient (Wildman–Crippen LogP) is 2.19. The van der Waals surface area contributed by atoms with E-state index in [-0.39, 0.29) is 11.6 Å². The van der Waals surface area contributed by atoms with Crippen molar-refractivity contribution in [2.45, 2.75) is 25.9 Å². The van der Waals surface area contributed by atoms with E-state index in [2.05, 4.69) is 9.97 Å². The van der Waals surface area contributed by atoms with Crippen LogP contribution in [0.5, 0.6) is 0 Å². The first-order valence-corrected chi connectivity index (χ1v) is 4.23. The van der Waals surface area contributed by atoms with E-state index in [9.17, 15) is 18.0 Å². The van der Waals surface area contributed by atoms with Gasteiger partial charge in [0.15, 0.2) is 0 Å². The number of carbonyl (C=O) groups excluding carboxylic acids is 1. The zero-order valence-corrected chi connectivity index (χ0v) is 8.17. The lowest BCUT2D eigenvalue weighted by atomic mass is 10.1. The standard InChI is InChI=1S/C9H9F3N2O/c1-5(6(2)15)8-13-4-3-7(14-8)9(10,11)12/h3-5H,1-2H3. The summed E-state index contributed by atoms with van der Waals surface area (Å²) in [4.78, 5) is 17.9. The van der Waals surface area contributed by atoms with Crippen molar-refractivity contribution < 1.29 is 18.0 Å². The molecule has 6 heteroatoms. The SMILES string of the molecule is CC(=O)C(C)c1nccc(C(F)(F)F)n1. The van der Waals surface area contributed by atoms with Crippen molar-refractivity contribution in [3.8, 4) is 0 Å². The summed E-state index contributed by atoms with van der Waals surface area (Å²) in [5.74, 6) is -1.08. The number of hydrogen-bond donors (Lipinski definition) is 0. The highest BCUT2D eigenvalue weighted by Gasteiger charge is 2.33. The van der Waals surface area contributed by atoms with Gasteiger partial charge >= 0.3 is 6.18 Å². The number of halogens is 3. The first kappa shape index (κ1) is 11.6. The van der Waals surface area contributed by atoms with Gasteiger partial charge in [0.25, 0.3) is 0 Å². The van der Waals surface area contributed by atoms with E-state index >= 15 is 0 Å². The van der Waals surface area contributed by atoms with Crippen molar-refractivity contribution in [3.63, 3.8) is 0 Å². The van der Waals surface area contributed by atoms with Gasteiger partial charge in [-0.15, -0.1) is 0 Å². The van der Waals surface area contributed by atoms with E-state index in [1.54, 1.807) is 0 Å². The monoisotopic (exact) mass is 218 g/mol. The summed E-state index contributed by atoms with van der Waals surface area (Å²) in [7, 11) is 0. The second-order valence-electron chi connectivity index (χ2n) is 3.13. The molecule has 0 saturated heterocycles. The molecule has 1 rings (SSSR count). The van der Waals surface area contributed by atoms with Crippen molar-refractivity contribution in [1.29, 1.82) is 0 Å². The summed E-state index contributed by atoms with van der Waals surface area (Å²) in [6.07, 6.45) is -3.50. The Balaban J connectivity index is 3.08. The topological polar surface area (TPSA) is 42.9 Å². The zero-order chi connectivity index (χ0) is 11.6. The largest absolute Gasteiger partial charge is 0.433 e. The maximum Gasteiger partial charge on any atom is 0.433 e. The second-order valence-corrected chi connectivity index (χ2v) is 3.13. The molecule has 3 nitrogen and oxygen atoms in total. The van der Waals surface area contributed by atoms with Gasteiger partial charge in [-0.2, -0.15) is 13.2 Å². The van der Waals surface area contributed by atoms with Crippen LogP contribution >= 0.6 is 0 Å². The van der Waals surface area contributed by atoms with Crippen LogP contribution in [-0.4, -0.2) is 15.8 Å². The Morgan fingerprint density at radius 1 is 1.47 bits per heavy atom. The van der Waals surface area contributed by atoms with E-state index in [0.29, 0.717) is 0 Å². The van der Waals surface area contributed by atoms with Gasteiger partial charge < -0.3 is 0 Å². The molecule has 0 spiro atoms. The molecule has 0 radical (unpaired) electrons. The summed E-state index contributed by atoms with van der Waals surface area (Å²) < 4.78 is 36.8. The van der Waals surface area contributed by atoms with Gasteiger partial charge in [0, 0.05) is 6.20 Å². The first-order valence-electron chi connectivity index (χ1n) is 4.23. The van der Waals surface area contributed by atoms with Crippen molar-refractivity contribution in [2.24, 2.45) is 0 Å². The molecular formula is C9H9F3N2O. The van der Waals surface area contributed by atoms with Crippen LogP contribution in [0.3, 0.4) is 0 Å². The van der Waals surface area contributed by atoms with E-state index in [0.717, 1.165) is 12.3 Å². The van der Waals surface area contributed by atoms with E-state index in [1.165, 1.54) is 13.8 Å². The molecule has 82 valence electrons. The van der Waals surface area contributed by atoms with Crippen molar-refractivity contribution in [2.75, 3.05) is 0 Å². The summed E-state index contributed by atoms with van der Waals surface area (Å²) in [5.41, 5.74) is -1.03. The molecule has 1 unspecified atom stereocenters. The Hall–Kier alpha value is -1.46. The second kappa shape index (κ2) is 3.96. The lowest BCUT2D eigenvalue weighted by Crippen LogP contribution is -2.14. The molecule has 0 saturated carbocycles. The summed E-state index contributed by atoms with van der Waals surface area (Å²) in [6, 6.07) is 0.774. The third-order valence-corrected chi connectivity index (χ3v) is 1.96. The van der Waals surface area contributed by atoms with Crippen LogP contribution in [0.1, 0.15) is 31.3 Å². The molecule has 0 aliphatic rings. The first-order chi connectivity index (χ1) is 6.82. The third kappa shape index (κ3) is 2.74. The van der Waals surface area contributed by atoms with E-state index in [4.69, 9.17) is 0 Å². The fourth-order valence-corrected chi connectivity index (χ4v) is 0.922. The number of alkyl halides is 3. The van der Waals surface area contributed by atoms with Gasteiger partial charge in [0.05, 0.1) is 5.92 Å². The number of hydrogen-bond acceptors (Lipinski definition) is 3. The Bertz CT molecular complexity index is 376. The van der Waals surface area contributed by atoms with Crippen LogP contribution in [0.2, 0.25) is 0 Å². The number of rotatable bonds is 2. The number of ketones is 1. The molecule has 1 heterocycles. The van der Waals surface area contributed by atoms with Crippen LogP contribution < -0.4 is 0 Å². The van der Waals surface area contributed by atoms with Gasteiger partial charge in [-0.25, -0.2) is 9.97 Å². The molecule has 0 N–H and O–H groups in total. The highest BCUT2D eigenvalue weighted by Crippen LogP contribution is 2.27. The Labute approximate surface area is 84.4 Å². The van der Waals surface area contributed by atoms with E-state index < -0.39 is 17.8 Å². The molecule has 0 bridgehead atoms. The Kier molecular flexibility index (Phi) is 3.06. The highest BCUT2D eigenvalue weighted by molar-refractivity contribution is 5.81. The molecule has 0 amide bonds. The van der Waals surface area contributed by atoms with Crippen LogP contribution in [0, 0.1) is 0 Å². The lowest BCUT2D eigenvalue weighted by molar-refractivity contribution is -0.141. The summed E-state index contributed by atoms with van der Waals surface area (Å²) in [5, 5.41) is 0. The molecule has 1 aromatic heterocycles. The molecule has 15 heavy (non-hydrogen) atoms. The third-order valence-electron chi connectivity index (χ3n) is 1.96. The minimum absolute atomic E-state index is 0.0997. The average molecular weight is 218 g/mol. The number of Topliss-reactive ketones (excluding diaryl/α,β-unsaturated/α-hetero) is 1. The normalized spacial score (nSPS) is 13.7. The highest BCUT2D eigenvalue weighted by atomic mass is 19.4. The fraction of sp³-hybridized carbons (Fsp3) is 0.444. The Morgan fingerprint density at radius 3 is 2.53 bits per heavy atom. The smallest absolute Gasteiger partial charge is 0.299 e. The lowest BCUT2D eigenvalue weighted by Gasteiger charge is -2.09.